The molecule has 1 saturated carbocycles. The highest BCUT2D eigenvalue weighted by molar-refractivity contribution is 5.44. The summed E-state index contributed by atoms with van der Waals surface area (Å²) in [6.07, 6.45) is 6.39. The number of hydrogen-bond donors (Lipinski definition) is 1. The molecule has 0 aromatic heterocycles. The molecule has 1 fully saturated rings. The molecular weight excluding hydrogens is 250 g/mol. The highest BCUT2D eigenvalue weighted by Crippen LogP contribution is 2.37. The van der Waals surface area contributed by atoms with E-state index >= 15 is 0 Å². The Hall–Kier alpha value is -1.22. The topological polar surface area (TPSA) is 30.5 Å². The van der Waals surface area contributed by atoms with Crippen LogP contribution in [0.4, 0.5) is 0 Å². The van der Waals surface area contributed by atoms with Crippen molar-refractivity contribution in [2.75, 3.05) is 20.8 Å². The summed E-state index contributed by atoms with van der Waals surface area (Å²) < 4.78 is 10.8. The van der Waals surface area contributed by atoms with Gasteiger partial charge in [0.1, 0.15) is 0 Å². The molecule has 2 rings (SSSR count). The Morgan fingerprint density at radius 1 is 1.10 bits per heavy atom. The van der Waals surface area contributed by atoms with Gasteiger partial charge in [0.05, 0.1) is 14.2 Å². The number of ether oxygens (including phenoxy) is 2. The molecule has 0 spiro atoms. The second-order valence-corrected chi connectivity index (χ2v) is 5.57. The van der Waals surface area contributed by atoms with Crippen LogP contribution in [0.5, 0.6) is 11.5 Å². The second-order valence-electron chi connectivity index (χ2n) is 5.57. The highest BCUT2D eigenvalue weighted by Gasteiger charge is 2.26. The molecule has 1 aliphatic carbocycles. The van der Waals surface area contributed by atoms with Gasteiger partial charge in [-0.1, -0.05) is 25.8 Å². The SMILES string of the molecule is CCCNC1CCCCC1c1ccc(OC)c(OC)c1. The fourth-order valence-electron chi connectivity index (χ4n) is 3.19. The van der Waals surface area contributed by atoms with Crippen LogP contribution in [0.1, 0.15) is 50.5 Å². The lowest BCUT2D eigenvalue weighted by Gasteiger charge is -2.33. The van der Waals surface area contributed by atoms with Crippen LogP contribution in [-0.2, 0) is 0 Å². The molecule has 0 bridgehead atoms. The minimum Gasteiger partial charge on any atom is -0.493 e. The van der Waals surface area contributed by atoms with Crippen LogP contribution >= 0.6 is 0 Å². The van der Waals surface area contributed by atoms with Crippen LogP contribution in [0.3, 0.4) is 0 Å². The summed E-state index contributed by atoms with van der Waals surface area (Å²) in [6, 6.07) is 6.97. The van der Waals surface area contributed by atoms with Crippen molar-refractivity contribution in [3.05, 3.63) is 23.8 Å². The Morgan fingerprint density at radius 3 is 2.55 bits per heavy atom. The summed E-state index contributed by atoms with van der Waals surface area (Å²) in [5.41, 5.74) is 1.37. The molecule has 20 heavy (non-hydrogen) atoms. The van der Waals surface area contributed by atoms with Crippen molar-refractivity contribution < 1.29 is 9.47 Å². The molecule has 1 aromatic rings. The average Bonchev–Trinajstić information content (AvgIpc) is 2.52. The first kappa shape index (κ1) is 15.2. The van der Waals surface area contributed by atoms with Gasteiger partial charge in [0.25, 0.3) is 0 Å². The van der Waals surface area contributed by atoms with Crippen LogP contribution in [0, 0.1) is 0 Å². The maximum Gasteiger partial charge on any atom is 0.160 e. The number of benzene rings is 1. The quantitative estimate of drug-likeness (QED) is 0.859. The maximum absolute atomic E-state index is 5.44. The molecule has 2 atom stereocenters. The Balaban J connectivity index is 2.18. The van der Waals surface area contributed by atoms with Crippen LogP contribution in [0.25, 0.3) is 0 Å². The molecule has 112 valence electrons. The van der Waals surface area contributed by atoms with E-state index in [4.69, 9.17) is 9.47 Å². The van der Waals surface area contributed by atoms with Gasteiger partial charge in [-0.3, -0.25) is 0 Å². The van der Waals surface area contributed by atoms with Gasteiger partial charge in [0.15, 0.2) is 11.5 Å². The molecule has 0 heterocycles. The van der Waals surface area contributed by atoms with Crippen molar-refractivity contribution in [3.63, 3.8) is 0 Å². The lowest BCUT2D eigenvalue weighted by molar-refractivity contribution is 0.324. The van der Waals surface area contributed by atoms with Gasteiger partial charge in [0, 0.05) is 6.04 Å². The number of nitrogens with one attached hydrogen (secondary N) is 1. The summed E-state index contributed by atoms with van der Waals surface area (Å²) in [5.74, 6) is 2.24. The molecule has 0 radical (unpaired) electrons. The summed E-state index contributed by atoms with van der Waals surface area (Å²) in [4.78, 5) is 0. The Bertz CT molecular complexity index is 419. The number of hydrogen-bond acceptors (Lipinski definition) is 3. The van der Waals surface area contributed by atoms with E-state index in [2.05, 4.69) is 24.4 Å². The third kappa shape index (κ3) is 3.45. The van der Waals surface area contributed by atoms with Crippen molar-refractivity contribution in [1.29, 1.82) is 0 Å². The van der Waals surface area contributed by atoms with Crippen LogP contribution in [0.2, 0.25) is 0 Å². The fraction of sp³-hybridized carbons (Fsp3) is 0.647. The summed E-state index contributed by atoms with van der Waals surface area (Å²) in [6.45, 7) is 3.33. The average molecular weight is 277 g/mol. The summed E-state index contributed by atoms with van der Waals surface area (Å²) in [5, 5.41) is 3.71. The van der Waals surface area contributed by atoms with E-state index in [1.54, 1.807) is 14.2 Å². The molecule has 2 unspecified atom stereocenters. The van der Waals surface area contributed by atoms with Gasteiger partial charge in [-0.25, -0.2) is 0 Å². The first-order valence-corrected chi connectivity index (χ1v) is 7.75. The largest absolute Gasteiger partial charge is 0.493 e. The van der Waals surface area contributed by atoms with Crippen molar-refractivity contribution in [3.8, 4) is 11.5 Å². The molecule has 0 aliphatic heterocycles. The van der Waals surface area contributed by atoms with Crippen molar-refractivity contribution in [2.45, 2.75) is 51.0 Å². The minimum absolute atomic E-state index is 0.593. The van der Waals surface area contributed by atoms with Crippen molar-refractivity contribution >= 4 is 0 Å². The van der Waals surface area contributed by atoms with E-state index < -0.39 is 0 Å². The smallest absolute Gasteiger partial charge is 0.160 e. The maximum atomic E-state index is 5.44. The second kappa shape index (κ2) is 7.53. The van der Waals surface area contributed by atoms with E-state index in [0.29, 0.717) is 12.0 Å². The molecule has 0 saturated heterocycles. The fourth-order valence-corrected chi connectivity index (χ4v) is 3.19. The summed E-state index contributed by atoms with van der Waals surface area (Å²) >= 11 is 0. The zero-order chi connectivity index (χ0) is 14.4. The van der Waals surface area contributed by atoms with E-state index in [0.717, 1.165) is 18.0 Å². The molecule has 3 nitrogen and oxygen atoms in total. The number of methoxy groups -OCH3 is 2. The lowest BCUT2D eigenvalue weighted by Crippen LogP contribution is -2.37. The van der Waals surface area contributed by atoms with Gasteiger partial charge in [-0.15, -0.1) is 0 Å². The molecule has 1 N–H and O–H groups in total. The van der Waals surface area contributed by atoms with Gasteiger partial charge in [-0.05, 0) is 49.4 Å². The molecular formula is C17H27NO2. The van der Waals surface area contributed by atoms with E-state index in [9.17, 15) is 0 Å². The van der Waals surface area contributed by atoms with Crippen LogP contribution in [0.15, 0.2) is 18.2 Å². The molecule has 0 amide bonds. The molecule has 1 aromatic carbocycles. The third-order valence-electron chi connectivity index (χ3n) is 4.26. The minimum atomic E-state index is 0.593. The third-order valence-corrected chi connectivity index (χ3v) is 4.26. The Kier molecular flexibility index (Phi) is 5.72. The van der Waals surface area contributed by atoms with E-state index in [1.165, 1.54) is 37.7 Å². The van der Waals surface area contributed by atoms with Crippen LogP contribution < -0.4 is 14.8 Å². The van der Waals surface area contributed by atoms with E-state index in [1.807, 2.05) is 6.07 Å². The standard InChI is InChI=1S/C17H27NO2/c1-4-11-18-15-8-6-5-7-14(15)13-9-10-16(19-2)17(12-13)20-3/h9-10,12,14-15,18H,4-8,11H2,1-3H3. The predicted molar refractivity (Wildman–Crippen MR) is 82.8 cm³/mol. The zero-order valence-electron chi connectivity index (χ0n) is 12.9. The first-order chi connectivity index (χ1) is 9.80. The Morgan fingerprint density at radius 2 is 1.85 bits per heavy atom. The van der Waals surface area contributed by atoms with Gasteiger partial charge in [0.2, 0.25) is 0 Å². The van der Waals surface area contributed by atoms with E-state index in [-0.39, 0.29) is 0 Å². The normalized spacial score (nSPS) is 22.6. The van der Waals surface area contributed by atoms with Crippen LogP contribution in [-0.4, -0.2) is 26.8 Å². The predicted octanol–water partition coefficient (Wildman–Crippen LogP) is 3.73. The van der Waals surface area contributed by atoms with Gasteiger partial charge < -0.3 is 14.8 Å². The monoisotopic (exact) mass is 277 g/mol. The van der Waals surface area contributed by atoms with Crippen molar-refractivity contribution in [2.24, 2.45) is 0 Å². The lowest BCUT2D eigenvalue weighted by atomic mass is 9.80. The Labute approximate surface area is 122 Å². The number of rotatable bonds is 6. The summed E-state index contributed by atoms with van der Waals surface area (Å²) in [7, 11) is 3.39. The highest BCUT2D eigenvalue weighted by atomic mass is 16.5. The van der Waals surface area contributed by atoms with Gasteiger partial charge >= 0.3 is 0 Å². The molecule has 3 heteroatoms. The van der Waals surface area contributed by atoms with Crippen molar-refractivity contribution in [1.82, 2.24) is 5.32 Å². The van der Waals surface area contributed by atoms with Gasteiger partial charge in [-0.2, -0.15) is 0 Å². The molecule has 1 aliphatic rings. The zero-order valence-corrected chi connectivity index (χ0v) is 12.9. The first-order valence-electron chi connectivity index (χ1n) is 7.75.